The molecule has 1 amide bonds. The molecule has 0 unspecified atom stereocenters. The lowest BCUT2D eigenvalue weighted by atomic mass is 10.1. The van der Waals surface area contributed by atoms with Gasteiger partial charge in [0.1, 0.15) is 0 Å². The summed E-state index contributed by atoms with van der Waals surface area (Å²) in [6.45, 7) is 2.39. The Kier molecular flexibility index (Phi) is 5.43. The molecule has 4 heteroatoms. The number of hydrogen-bond acceptors (Lipinski definition) is 1. The van der Waals surface area contributed by atoms with E-state index in [2.05, 4.69) is 5.32 Å². The highest BCUT2D eigenvalue weighted by Gasteiger charge is 2.02. The SMILES string of the molecule is Cc1ccc(/C=C/C(=O)NCc2ccc(Cl)cc2Cl)cc1. The lowest BCUT2D eigenvalue weighted by Gasteiger charge is -2.05. The lowest BCUT2D eigenvalue weighted by molar-refractivity contribution is -0.116. The van der Waals surface area contributed by atoms with Crippen LogP contribution in [0.2, 0.25) is 10.0 Å². The Morgan fingerprint density at radius 1 is 1.14 bits per heavy atom. The summed E-state index contributed by atoms with van der Waals surface area (Å²) in [6, 6.07) is 13.2. The van der Waals surface area contributed by atoms with E-state index in [0.29, 0.717) is 16.6 Å². The lowest BCUT2D eigenvalue weighted by Crippen LogP contribution is -2.20. The average molecular weight is 320 g/mol. The number of halogens is 2. The minimum atomic E-state index is -0.165. The second kappa shape index (κ2) is 7.30. The summed E-state index contributed by atoms with van der Waals surface area (Å²) >= 11 is 11.9. The Hall–Kier alpha value is -1.77. The first-order valence-electron chi connectivity index (χ1n) is 6.51. The molecule has 0 aliphatic carbocycles. The zero-order valence-corrected chi connectivity index (χ0v) is 13.1. The first-order chi connectivity index (χ1) is 10.0. The maximum Gasteiger partial charge on any atom is 0.244 e. The maximum absolute atomic E-state index is 11.8. The van der Waals surface area contributed by atoms with Crippen LogP contribution in [0.3, 0.4) is 0 Å². The highest BCUT2D eigenvalue weighted by molar-refractivity contribution is 6.35. The highest BCUT2D eigenvalue weighted by atomic mass is 35.5. The van der Waals surface area contributed by atoms with Gasteiger partial charge in [0.15, 0.2) is 0 Å². The number of aryl methyl sites for hydroxylation is 1. The molecule has 21 heavy (non-hydrogen) atoms. The molecule has 0 bridgehead atoms. The van der Waals surface area contributed by atoms with Gasteiger partial charge in [-0.3, -0.25) is 4.79 Å². The molecule has 1 N–H and O–H groups in total. The Morgan fingerprint density at radius 3 is 2.52 bits per heavy atom. The van der Waals surface area contributed by atoms with Crippen LogP contribution in [0, 0.1) is 6.92 Å². The zero-order valence-electron chi connectivity index (χ0n) is 11.6. The molecule has 0 atom stereocenters. The maximum atomic E-state index is 11.8. The van der Waals surface area contributed by atoms with Gasteiger partial charge in [0, 0.05) is 22.7 Å². The first kappa shape index (κ1) is 15.6. The van der Waals surface area contributed by atoms with Crippen LogP contribution in [-0.4, -0.2) is 5.91 Å². The van der Waals surface area contributed by atoms with E-state index in [4.69, 9.17) is 23.2 Å². The van der Waals surface area contributed by atoms with Gasteiger partial charge in [-0.15, -0.1) is 0 Å². The van der Waals surface area contributed by atoms with E-state index in [1.165, 1.54) is 11.6 Å². The summed E-state index contributed by atoms with van der Waals surface area (Å²) in [6.07, 6.45) is 3.28. The van der Waals surface area contributed by atoms with Crippen LogP contribution in [0.25, 0.3) is 6.08 Å². The van der Waals surface area contributed by atoms with E-state index < -0.39 is 0 Å². The molecule has 0 radical (unpaired) electrons. The summed E-state index contributed by atoms with van der Waals surface area (Å²) in [5, 5.41) is 3.91. The first-order valence-corrected chi connectivity index (χ1v) is 7.27. The number of benzene rings is 2. The number of rotatable bonds is 4. The van der Waals surface area contributed by atoms with Crippen molar-refractivity contribution in [1.29, 1.82) is 0 Å². The Morgan fingerprint density at radius 2 is 1.86 bits per heavy atom. The van der Waals surface area contributed by atoms with Crippen LogP contribution in [0.1, 0.15) is 16.7 Å². The van der Waals surface area contributed by atoms with Gasteiger partial charge in [-0.1, -0.05) is 59.1 Å². The minimum Gasteiger partial charge on any atom is -0.348 e. The van der Waals surface area contributed by atoms with Crippen LogP contribution >= 0.6 is 23.2 Å². The molecule has 0 saturated heterocycles. The molecule has 0 aliphatic heterocycles. The molecule has 2 nitrogen and oxygen atoms in total. The highest BCUT2D eigenvalue weighted by Crippen LogP contribution is 2.20. The van der Waals surface area contributed by atoms with Crippen molar-refractivity contribution in [3.8, 4) is 0 Å². The molecular weight excluding hydrogens is 305 g/mol. The van der Waals surface area contributed by atoms with Crippen molar-refractivity contribution in [3.05, 3.63) is 75.3 Å². The fourth-order valence-corrected chi connectivity index (χ4v) is 2.23. The number of amides is 1. The number of hydrogen-bond donors (Lipinski definition) is 1. The van der Waals surface area contributed by atoms with Crippen LogP contribution in [0.15, 0.2) is 48.5 Å². The quantitative estimate of drug-likeness (QED) is 0.818. The molecule has 0 saturated carbocycles. The van der Waals surface area contributed by atoms with Crippen LogP contribution in [-0.2, 0) is 11.3 Å². The molecule has 2 rings (SSSR count). The molecule has 0 aromatic heterocycles. The minimum absolute atomic E-state index is 0.165. The molecule has 0 fully saturated rings. The monoisotopic (exact) mass is 319 g/mol. The van der Waals surface area contributed by atoms with Gasteiger partial charge in [0.25, 0.3) is 0 Å². The van der Waals surface area contributed by atoms with Gasteiger partial charge in [0.2, 0.25) is 5.91 Å². The van der Waals surface area contributed by atoms with Crippen molar-refractivity contribution < 1.29 is 4.79 Å². The molecule has 0 spiro atoms. The standard InChI is InChI=1S/C17H15Cl2NO/c1-12-2-4-13(5-3-12)6-9-17(21)20-11-14-7-8-15(18)10-16(14)19/h2-10H,11H2,1H3,(H,20,21)/b9-6+. The molecule has 2 aromatic rings. The molecule has 108 valence electrons. The Labute approximate surface area is 134 Å². The predicted molar refractivity (Wildman–Crippen MR) is 88.5 cm³/mol. The van der Waals surface area contributed by atoms with Gasteiger partial charge in [-0.2, -0.15) is 0 Å². The van der Waals surface area contributed by atoms with E-state index in [1.54, 1.807) is 24.3 Å². The van der Waals surface area contributed by atoms with Gasteiger partial charge < -0.3 is 5.32 Å². The van der Waals surface area contributed by atoms with E-state index >= 15 is 0 Å². The van der Waals surface area contributed by atoms with E-state index in [0.717, 1.165) is 11.1 Å². The summed E-state index contributed by atoms with van der Waals surface area (Å²) in [5.74, 6) is -0.165. The molecule has 2 aromatic carbocycles. The summed E-state index contributed by atoms with van der Waals surface area (Å²) in [5.41, 5.74) is 3.01. The van der Waals surface area contributed by atoms with Gasteiger partial charge in [-0.25, -0.2) is 0 Å². The van der Waals surface area contributed by atoms with E-state index in [9.17, 15) is 4.79 Å². The zero-order chi connectivity index (χ0) is 15.2. The Bertz CT molecular complexity index is 663. The van der Waals surface area contributed by atoms with Gasteiger partial charge >= 0.3 is 0 Å². The van der Waals surface area contributed by atoms with Gasteiger partial charge in [-0.05, 0) is 36.3 Å². The topological polar surface area (TPSA) is 29.1 Å². The largest absolute Gasteiger partial charge is 0.348 e. The Balaban J connectivity index is 1.91. The summed E-state index contributed by atoms with van der Waals surface area (Å²) < 4.78 is 0. The van der Waals surface area contributed by atoms with Crippen LogP contribution in [0.4, 0.5) is 0 Å². The van der Waals surface area contributed by atoms with Crippen molar-refractivity contribution in [2.75, 3.05) is 0 Å². The fraction of sp³-hybridized carbons (Fsp3) is 0.118. The van der Waals surface area contributed by atoms with Gasteiger partial charge in [0.05, 0.1) is 0 Å². The van der Waals surface area contributed by atoms with Crippen molar-refractivity contribution in [3.63, 3.8) is 0 Å². The van der Waals surface area contributed by atoms with Crippen molar-refractivity contribution in [2.45, 2.75) is 13.5 Å². The molecule has 0 aliphatic rings. The summed E-state index contributed by atoms with van der Waals surface area (Å²) in [7, 11) is 0. The fourth-order valence-electron chi connectivity index (χ4n) is 1.76. The number of nitrogens with one attached hydrogen (secondary N) is 1. The predicted octanol–water partition coefficient (Wildman–Crippen LogP) is 4.63. The summed E-state index contributed by atoms with van der Waals surface area (Å²) in [4.78, 5) is 11.8. The van der Waals surface area contributed by atoms with Crippen molar-refractivity contribution in [2.24, 2.45) is 0 Å². The van der Waals surface area contributed by atoms with E-state index in [-0.39, 0.29) is 5.91 Å². The third-order valence-corrected chi connectivity index (χ3v) is 3.56. The number of carbonyl (C=O) groups excluding carboxylic acids is 1. The van der Waals surface area contributed by atoms with Crippen LogP contribution in [0.5, 0.6) is 0 Å². The smallest absolute Gasteiger partial charge is 0.244 e. The third-order valence-electron chi connectivity index (χ3n) is 2.97. The molecular formula is C17H15Cl2NO. The van der Waals surface area contributed by atoms with Crippen LogP contribution < -0.4 is 5.32 Å². The number of carbonyl (C=O) groups is 1. The second-order valence-electron chi connectivity index (χ2n) is 4.70. The normalized spacial score (nSPS) is 10.8. The van der Waals surface area contributed by atoms with Crippen molar-refractivity contribution in [1.82, 2.24) is 5.32 Å². The third kappa shape index (κ3) is 4.92. The molecule has 0 heterocycles. The second-order valence-corrected chi connectivity index (χ2v) is 5.54. The van der Waals surface area contributed by atoms with E-state index in [1.807, 2.05) is 31.2 Å². The van der Waals surface area contributed by atoms with Crippen molar-refractivity contribution >= 4 is 35.2 Å². The average Bonchev–Trinajstić information content (AvgIpc) is 2.46.